The minimum atomic E-state index is -3.61. The van der Waals surface area contributed by atoms with Crippen LogP contribution < -0.4 is 0 Å². The molecule has 8 heteroatoms. The van der Waals surface area contributed by atoms with Crippen LogP contribution in [0.3, 0.4) is 0 Å². The van der Waals surface area contributed by atoms with Gasteiger partial charge in [0.25, 0.3) is 0 Å². The standard InChI is InChI=1S/C20H30N2O4S.ClH/c1-15-10-16(2)13-22(12-15)27(24,25)19-8-4-6-17(11-19)20(23)26-18-7-5-9-21(3)14-18;/h4,6,8,11,15-16,18H,5,7,9-10,12-14H2,1-3H3;1H. The van der Waals surface area contributed by atoms with Crippen molar-refractivity contribution in [3.63, 3.8) is 0 Å². The fraction of sp³-hybridized carbons (Fsp3) is 0.650. The van der Waals surface area contributed by atoms with Crippen LogP contribution in [0, 0.1) is 11.8 Å². The third-order valence-corrected chi connectivity index (χ3v) is 7.23. The minimum absolute atomic E-state index is 0. The van der Waals surface area contributed by atoms with E-state index in [1.807, 2.05) is 7.05 Å². The number of carbonyl (C=O) groups excluding carboxylic acids is 1. The molecule has 0 aliphatic carbocycles. The molecule has 1 aromatic carbocycles. The van der Waals surface area contributed by atoms with E-state index in [1.54, 1.807) is 22.5 Å². The van der Waals surface area contributed by atoms with E-state index in [0.29, 0.717) is 37.0 Å². The normalized spacial score (nSPS) is 27.0. The van der Waals surface area contributed by atoms with Crippen molar-refractivity contribution in [3.05, 3.63) is 29.8 Å². The van der Waals surface area contributed by atoms with Crippen LogP contribution in [0.2, 0.25) is 0 Å². The van der Waals surface area contributed by atoms with Gasteiger partial charge < -0.3 is 9.64 Å². The number of hydrogen-bond donors (Lipinski definition) is 0. The lowest BCUT2D eigenvalue weighted by Gasteiger charge is -2.34. The van der Waals surface area contributed by atoms with Crippen molar-refractivity contribution in [2.24, 2.45) is 11.8 Å². The summed E-state index contributed by atoms with van der Waals surface area (Å²) >= 11 is 0. The average molecular weight is 431 g/mol. The smallest absolute Gasteiger partial charge is 0.338 e. The molecule has 3 unspecified atom stereocenters. The summed E-state index contributed by atoms with van der Waals surface area (Å²) in [5.74, 6) is 0.215. The Morgan fingerprint density at radius 1 is 1.14 bits per heavy atom. The van der Waals surface area contributed by atoms with Crippen molar-refractivity contribution >= 4 is 28.4 Å². The minimum Gasteiger partial charge on any atom is -0.457 e. The van der Waals surface area contributed by atoms with E-state index >= 15 is 0 Å². The lowest BCUT2D eigenvalue weighted by atomic mass is 9.94. The topological polar surface area (TPSA) is 66.9 Å². The van der Waals surface area contributed by atoms with Crippen LogP contribution in [0.4, 0.5) is 0 Å². The van der Waals surface area contributed by atoms with E-state index in [0.717, 1.165) is 25.8 Å². The number of esters is 1. The van der Waals surface area contributed by atoms with Gasteiger partial charge >= 0.3 is 5.97 Å². The van der Waals surface area contributed by atoms with Crippen LogP contribution in [0.15, 0.2) is 29.2 Å². The summed E-state index contributed by atoms with van der Waals surface area (Å²) in [6.07, 6.45) is 2.74. The number of halogens is 1. The SMILES string of the molecule is CC1CC(C)CN(S(=O)(=O)c2cccc(C(=O)OC3CCCN(C)C3)c2)C1.Cl. The van der Waals surface area contributed by atoms with Crippen LogP contribution in [0.25, 0.3) is 0 Å². The van der Waals surface area contributed by atoms with Crippen molar-refractivity contribution in [1.82, 2.24) is 9.21 Å². The average Bonchev–Trinajstić information content (AvgIpc) is 2.61. The molecule has 2 saturated heterocycles. The highest BCUT2D eigenvalue weighted by Crippen LogP contribution is 2.27. The van der Waals surface area contributed by atoms with Crippen LogP contribution >= 0.6 is 12.4 Å². The fourth-order valence-electron chi connectivity index (χ4n) is 4.17. The molecule has 0 N–H and O–H groups in total. The molecular weight excluding hydrogens is 400 g/mol. The monoisotopic (exact) mass is 430 g/mol. The number of benzene rings is 1. The summed E-state index contributed by atoms with van der Waals surface area (Å²) in [5.41, 5.74) is 0.294. The van der Waals surface area contributed by atoms with Crippen LogP contribution in [0.1, 0.15) is 43.5 Å². The van der Waals surface area contributed by atoms with Crippen molar-refractivity contribution in [2.75, 3.05) is 33.2 Å². The molecular formula is C20H31ClN2O4S. The van der Waals surface area contributed by atoms with Gasteiger partial charge in [-0.25, -0.2) is 13.2 Å². The highest BCUT2D eigenvalue weighted by Gasteiger charge is 2.32. The predicted molar refractivity (Wildman–Crippen MR) is 111 cm³/mol. The number of hydrogen-bond acceptors (Lipinski definition) is 5. The second-order valence-corrected chi connectivity index (χ2v) is 10.2. The van der Waals surface area contributed by atoms with Crippen LogP contribution in [-0.2, 0) is 14.8 Å². The Labute approximate surface area is 174 Å². The zero-order valence-corrected chi connectivity index (χ0v) is 18.5. The van der Waals surface area contributed by atoms with Crippen LogP contribution in [0.5, 0.6) is 0 Å². The summed E-state index contributed by atoms with van der Waals surface area (Å²) in [7, 11) is -1.60. The zero-order valence-electron chi connectivity index (χ0n) is 16.8. The number of carbonyl (C=O) groups is 1. The number of ether oxygens (including phenoxy) is 1. The largest absolute Gasteiger partial charge is 0.457 e. The van der Waals surface area contributed by atoms with Gasteiger partial charge in [-0.1, -0.05) is 19.9 Å². The Kier molecular flexibility index (Phi) is 7.90. The second-order valence-electron chi connectivity index (χ2n) is 8.23. The molecule has 1 aromatic rings. The molecule has 2 aliphatic heterocycles. The molecule has 6 nitrogen and oxygen atoms in total. The maximum Gasteiger partial charge on any atom is 0.338 e. The van der Waals surface area contributed by atoms with Gasteiger partial charge in [0.1, 0.15) is 6.10 Å². The molecule has 0 bridgehead atoms. The Morgan fingerprint density at radius 3 is 2.46 bits per heavy atom. The lowest BCUT2D eigenvalue weighted by Crippen LogP contribution is -2.42. The molecule has 0 saturated carbocycles. The number of piperidine rings is 2. The second kappa shape index (κ2) is 9.57. The zero-order chi connectivity index (χ0) is 19.6. The summed E-state index contributed by atoms with van der Waals surface area (Å²) in [5, 5.41) is 0. The Bertz CT molecular complexity index is 776. The van der Waals surface area contributed by atoms with Gasteiger partial charge in [-0.2, -0.15) is 4.31 Å². The van der Waals surface area contributed by atoms with Gasteiger partial charge in [-0.3, -0.25) is 0 Å². The molecule has 28 heavy (non-hydrogen) atoms. The highest BCUT2D eigenvalue weighted by molar-refractivity contribution is 7.89. The lowest BCUT2D eigenvalue weighted by molar-refractivity contribution is 0.0108. The molecule has 0 spiro atoms. The molecule has 3 rings (SSSR count). The molecule has 3 atom stereocenters. The van der Waals surface area contributed by atoms with Gasteiger partial charge in [-0.05, 0) is 62.9 Å². The van der Waals surface area contributed by atoms with E-state index in [9.17, 15) is 13.2 Å². The molecule has 2 aliphatic rings. The first-order valence-corrected chi connectivity index (χ1v) is 11.2. The first-order chi connectivity index (χ1) is 12.8. The van der Waals surface area contributed by atoms with E-state index in [2.05, 4.69) is 18.7 Å². The quantitative estimate of drug-likeness (QED) is 0.687. The number of likely N-dealkylation sites (N-methyl/N-ethyl adjacent to an activating group) is 1. The van der Waals surface area contributed by atoms with E-state index < -0.39 is 16.0 Å². The first kappa shape index (κ1) is 23.1. The maximum atomic E-state index is 13.1. The van der Waals surface area contributed by atoms with E-state index in [1.165, 1.54) is 6.07 Å². The molecule has 2 fully saturated rings. The van der Waals surface area contributed by atoms with E-state index in [-0.39, 0.29) is 23.4 Å². The maximum absolute atomic E-state index is 13.1. The van der Waals surface area contributed by atoms with Gasteiger partial charge in [0.05, 0.1) is 10.5 Å². The molecule has 0 aromatic heterocycles. The van der Waals surface area contributed by atoms with Crippen LogP contribution in [-0.4, -0.2) is 62.9 Å². The molecule has 0 radical (unpaired) electrons. The van der Waals surface area contributed by atoms with E-state index in [4.69, 9.17) is 4.74 Å². The third-order valence-electron chi connectivity index (χ3n) is 5.40. The summed E-state index contributed by atoms with van der Waals surface area (Å²) in [4.78, 5) is 14.8. The molecule has 158 valence electrons. The van der Waals surface area contributed by atoms with Crippen molar-refractivity contribution in [2.45, 2.75) is 44.1 Å². The molecule has 2 heterocycles. The number of rotatable bonds is 4. The Hall–Kier alpha value is -1.15. The van der Waals surface area contributed by atoms with Gasteiger partial charge in [0.15, 0.2) is 0 Å². The fourth-order valence-corrected chi connectivity index (χ4v) is 5.90. The summed E-state index contributed by atoms with van der Waals surface area (Å²) < 4.78 is 33.3. The third kappa shape index (κ3) is 5.47. The highest BCUT2D eigenvalue weighted by atomic mass is 35.5. The first-order valence-electron chi connectivity index (χ1n) is 9.75. The molecule has 0 amide bonds. The predicted octanol–water partition coefficient (Wildman–Crippen LogP) is 3.03. The number of nitrogens with zero attached hydrogens (tertiary/aromatic N) is 2. The summed E-state index contributed by atoms with van der Waals surface area (Å²) in [6, 6.07) is 6.25. The number of likely N-dealkylation sites (tertiary alicyclic amines) is 1. The Balaban J connectivity index is 0.00000280. The Morgan fingerprint density at radius 2 is 1.82 bits per heavy atom. The van der Waals surface area contributed by atoms with Crippen molar-refractivity contribution in [3.8, 4) is 0 Å². The van der Waals surface area contributed by atoms with Gasteiger partial charge in [0, 0.05) is 19.6 Å². The summed E-state index contributed by atoms with van der Waals surface area (Å²) in [6.45, 7) is 6.92. The van der Waals surface area contributed by atoms with Crippen molar-refractivity contribution in [1.29, 1.82) is 0 Å². The van der Waals surface area contributed by atoms with Gasteiger partial charge in [0.2, 0.25) is 10.0 Å². The number of sulfonamides is 1. The van der Waals surface area contributed by atoms with Crippen molar-refractivity contribution < 1.29 is 17.9 Å². The van der Waals surface area contributed by atoms with Gasteiger partial charge in [-0.15, -0.1) is 12.4 Å².